The van der Waals surface area contributed by atoms with Crippen LogP contribution in [0.4, 0.5) is 0 Å². The van der Waals surface area contributed by atoms with Gasteiger partial charge in [0, 0.05) is 11.9 Å². The van der Waals surface area contributed by atoms with Crippen molar-refractivity contribution in [3.05, 3.63) is 34.8 Å². The molecule has 2 rings (SSSR count). The Balaban J connectivity index is 2.50. The lowest BCUT2D eigenvalue weighted by atomic mass is 10.0. The molecule has 2 heterocycles. The van der Waals surface area contributed by atoms with E-state index in [-0.39, 0.29) is 5.56 Å². The van der Waals surface area contributed by atoms with E-state index in [0.717, 1.165) is 28.7 Å². The van der Waals surface area contributed by atoms with Crippen molar-refractivity contribution < 1.29 is 9.90 Å². The van der Waals surface area contributed by atoms with E-state index in [0.29, 0.717) is 23.0 Å². The maximum Gasteiger partial charge on any atom is 0.338 e. The van der Waals surface area contributed by atoms with Crippen LogP contribution in [0.5, 0.6) is 0 Å². The fourth-order valence-electron chi connectivity index (χ4n) is 2.01. The van der Waals surface area contributed by atoms with Crippen LogP contribution in [-0.4, -0.2) is 31.2 Å². The van der Waals surface area contributed by atoms with Crippen LogP contribution in [0.15, 0.2) is 22.4 Å². The van der Waals surface area contributed by atoms with E-state index < -0.39 is 5.97 Å². The van der Waals surface area contributed by atoms with Gasteiger partial charge < -0.3 is 5.11 Å². The van der Waals surface area contributed by atoms with Crippen LogP contribution in [0.25, 0.3) is 0 Å². The third-order valence-electron chi connectivity index (χ3n) is 2.99. The minimum atomic E-state index is -0.994. The number of hydrogen-bond donors (Lipinski definition) is 1. The van der Waals surface area contributed by atoms with Crippen molar-refractivity contribution in [2.24, 2.45) is 0 Å². The molecule has 0 saturated carbocycles. The lowest BCUT2D eigenvalue weighted by Gasteiger charge is -2.11. The van der Waals surface area contributed by atoms with Gasteiger partial charge >= 0.3 is 5.97 Å². The van der Waals surface area contributed by atoms with Crippen LogP contribution < -0.4 is 0 Å². The van der Waals surface area contributed by atoms with Gasteiger partial charge in [0.1, 0.15) is 5.03 Å². The van der Waals surface area contributed by atoms with Crippen LogP contribution >= 0.6 is 11.8 Å². The lowest BCUT2D eigenvalue weighted by molar-refractivity contribution is 0.0690. The summed E-state index contributed by atoms with van der Waals surface area (Å²) in [5, 5.41) is 18.5. The molecule has 0 amide bonds. The summed E-state index contributed by atoms with van der Waals surface area (Å²) in [5.41, 5.74) is 2.48. The van der Waals surface area contributed by atoms with Crippen molar-refractivity contribution in [1.29, 1.82) is 0 Å². The summed E-state index contributed by atoms with van der Waals surface area (Å²) in [7, 11) is 0. The molecule has 7 heteroatoms. The molecule has 2 aromatic rings. The first kappa shape index (κ1) is 15.4. The van der Waals surface area contributed by atoms with Crippen molar-refractivity contribution >= 4 is 17.7 Å². The SMILES string of the molecule is CCc1nnc(Sc2nccc(C)n2)c(C(=O)O)c1CC. The fraction of sp³-hybridized carbons (Fsp3) is 0.357. The molecule has 110 valence electrons. The van der Waals surface area contributed by atoms with Gasteiger partial charge in [-0.2, -0.15) is 5.10 Å². The van der Waals surface area contributed by atoms with Gasteiger partial charge in [-0.15, -0.1) is 5.10 Å². The average molecular weight is 304 g/mol. The molecule has 0 atom stereocenters. The Morgan fingerprint density at radius 3 is 2.62 bits per heavy atom. The van der Waals surface area contributed by atoms with E-state index in [4.69, 9.17) is 0 Å². The van der Waals surface area contributed by atoms with E-state index >= 15 is 0 Å². The predicted molar refractivity (Wildman–Crippen MR) is 78.6 cm³/mol. The number of carboxylic acid groups (broad SMARTS) is 1. The van der Waals surface area contributed by atoms with E-state index in [1.54, 1.807) is 12.3 Å². The highest BCUT2D eigenvalue weighted by Gasteiger charge is 2.21. The topological polar surface area (TPSA) is 88.9 Å². The highest BCUT2D eigenvalue weighted by atomic mass is 32.2. The zero-order valence-electron chi connectivity index (χ0n) is 12.1. The summed E-state index contributed by atoms with van der Waals surface area (Å²) in [4.78, 5) is 20.0. The van der Waals surface area contributed by atoms with Gasteiger partial charge in [0.25, 0.3) is 0 Å². The Bertz CT molecular complexity index is 676. The predicted octanol–water partition coefficient (Wildman–Crippen LogP) is 2.55. The second kappa shape index (κ2) is 6.62. The minimum absolute atomic E-state index is 0.208. The summed E-state index contributed by atoms with van der Waals surface area (Å²) < 4.78 is 0. The van der Waals surface area contributed by atoms with Crippen molar-refractivity contribution in [3.63, 3.8) is 0 Å². The Kier molecular flexibility index (Phi) is 4.85. The maximum absolute atomic E-state index is 11.6. The van der Waals surface area contributed by atoms with Gasteiger partial charge in [-0.1, -0.05) is 13.8 Å². The normalized spacial score (nSPS) is 10.6. The van der Waals surface area contributed by atoms with Crippen molar-refractivity contribution in [2.75, 3.05) is 0 Å². The number of hydrogen-bond acceptors (Lipinski definition) is 6. The Labute approximate surface area is 127 Å². The number of aryl methyl sites for hydroxylation is 2. The third-order valence-corrected chi connectivity index (χ3v) is 3.85. The molecule has 0 aliphatic rings. The number of aromatic nitrogens is 4. The number of rotatable bonds is 5. The number of nitrogens with zero attached hydrogens (tertiary/aromatic N) is 4. The Morgan fingerprint density at radius 1 is 1.29 bits per heavy atom. The molecule has 0 aromatic carbocycles. The molecule has 6 nitrogen and oxygen atoms in total. The highest BCUT2D eigenvalue weighted by molar-refractivity contribution is 7.99. The Morgan fingerprint density at radius 2 is 2.05 bits per heavy atom. The quantitative estimate of drug-likeness (QED) is 0.849. The van der Waals surface area contributed by atoms with Gasteiger partial charge in [-0.05, 0) is 43.2 Å². The van der Waals surface area contributed by atoms with E-state index in [2.05, 4.69) is 20.2 Å². The smallest absolute Gasteiger partial charge is 0.338 e. The van der Waals surface area contributed by atoms with Gasteiger partial charge in [-0.3, -0.25) is 0 Å². The summed E-state index contributed by atoms with van der Waals surface area (Å²) in [5.74, 6) is -0.994. The zero-order chi connectivity index (χ0) is 15.4. The molecule has 0 fully saturated rings. The fourth-order valence-corrected chi connectivity index (χ4v) is 2.88. The second-order valence-electron chi connectivity index (χ2n) is 4.40. The van der Waals surface area contributed by atoms with Crippen LogP contribution in [0.2, 0.25) is 0 Å². The monoisotopic (exact) mass is 304 g/mol. The second-order valence-corrected chi connectivity index (χ2v) is 5.36. The standard InChI is InChI=1S/C14H16N4O2S/c1-4-9-10(5-2)17-18-12(11(9)13(19)20)21-14-15-7-6-8(3)16-14/h6-7H,4-5H2,1-3H3,(H,19,20). The van der Waals surface area contributed by atoms with Gasteiger partial charge in [0.15, 0.2) is 5.16 Å². The molecule has 1 N–H and O–H groups in total. The first-order chi connectivity index (χ1) is 10.1. The largest absolute Gasteiger partial charge is 0.478 e. The molecule has 2 aromatic heterocycles. The first-order valence-electron chi connectivity index (χ1n) is 6.66. The van der Waals surface area contributed by atoms with E-state index in [1.807, 2.05) is 20.8 Å². The molecule has 0 spiro atoms. The van der Waals surface area contributed by atoms with Crippen LogP contribution in [0.1, 0.15) is 41.2 Å². The molecule has 0 aliphatic carbocycles. The number of aromatic carboxylic acids is 1. The van der Waals surface area contributed by atoms with Gasteiger partial charge in [-0.25, -0.2) is 14.8 Å². The molecular weight excluding hydrogens is 288 g/mol. The Hall–Kier alpha value is -2.02. The highest BCUT2D eigenvalue weighted by Crippen LogP contribution is 2.29. The summed E-state index contributed by atoms with van der Waals surface area (Å²) in [6.45, 7) is 5.71. The molecule has 21 heavy (non-hydrogen) atoms. The maximum atomic E-state index is 11.6. The van der Waals surface area contributed by atoms with Crippen LogP contribution in [-0.2, 0) is 12.8 Å². The molecule has 0 unspecified atom stereocenters. The molecule has 0 radical (unpaired) electrons. The minimum Gasteiger partial charge on any atom is -0.478 e. The summed E-state index contributed by atoms with van der Waals surface area (Å²) in [6.07, 6.45) is 2.89. The summed E-state index contributed by atoms with van der Waals surface area (Å²) >= 11 is 1.13. The van der Waals surface area contributed by atoms with Crippen molar-refractivity contribution in [1.82, 2.24) is 20.2 Å². The van der Waals surface area contributed by atoms with Gasteiger partial charge in [0.2, 0.25) is 0 Å². The first-order valence-corrected chi connectivity index (χ1v) is 7.47. The number of carboxylic acids is 1. The number of carbonyl (C=O) groups is 1. The summed E-state index contributed by atoms with van der Waals surface area (Å²) in [6, 6.07) is 1.78. The third kappa shape index (κ3) is 3.36. The molecule has 0 saturated heterocycles. The molecule has 0 aliphatic heterocycles. The van der Waals surface area contributed by atoms with Gasteiger partial charge in [0.05, 0.1) is 11.3 Å². The van der Waals surface area contributed by atoms with Crippen LogP contribution in [0.3, 0.4) is 0 Å². The van der Waals surface area contributed by atoms with Crippen LogP contribution in [0, 0.1) is 6.92 Å². The lowest BCUT2D eigenvalue weighted by Crippen LogP contribution is -2.11. The average Bonchev–Trinajstić information content (AvgIpc) is 2.46. The van der Waals surface area contributed by atoms with Crippen molar-refractivity contribution in [2.45, 2.75) is 43.8 Å². The van der Waals surface area contributed by atoms with E-state index in [1.165, 1.54) is 0 Å². The molecule has 0 bridgehead atoms. The van der Waals surface area contributed by atoms with Crippen molar-refractivity contribution in [3.8, 4) is 0 Å². The zero-order valence-corrected chi connectivity index (χ0v) is 12.9. The van der Waals surface area contributed by atoms with E-state index in [9.17, 15) is 9.90 Å². The molecular formula is C14H16N4O2S.